The summed E-state index contributed by atoms with van der Waals surface area (Å²) < 4.78 is 13.1. The molecule has 0 spiro atoms. The molecule has 3 aromatic rings. The van der Waals surface area contributed by atoms with Crippen molar-refractivity contribution >= 4 is 28.6 Å². The summed E-state index contributed by atoms with van der Waals surface area (Å²) in [7, 11) is 0. The lowest BCUT2D eigenvalue weighted by Gasteiger charge is -2.39. The number of pyridine rings is 1. The van der Waals surface area contributed by atoms with E-state index in [1.807, 2.05) is 13.0 Å². The topological polar surface area (TPSA) is 79.6 Å². The van der Waals surface area contributed by atoms with Gasteiger partial charge in [-0.1, -0.05) is 18.2 Å². The van der Waals surface area contributed by atoms with Crippen LogP contribution >= 0.6 is 0 Å². The van der Waals surface area contributed by atoms with Gasteiger partial charge in [0.15, 0.2) is 0 Å². The highest BCUT2D eigenvalue weighted by Crippen LogP contribution is 2.26. The molecule has 0 aliphatic carbocycles. The SMILES string of the molecule is C[C@@H]1CN(Cc2ccc(F)cc2)CCN1C(=O)/C=C/c1cc2cccnc2cc1[N+](=O)[O-]. The number of carbonyl (C=O) groups is 1. The van der Waals surface area contributed by atoms with Crippen LogP contribution in [-0.2, 0) is 11.3 Å². The minimum Gasteiger partial charge on any atom is -0.334 e. The van der Waals surface area contributed by atoms with Crippen LogP contribution in [0, 0.1) is 15.9 Å². The number of piperazine rings is 1. The molecule has 7 nitrogen and oxygen atoms in total. The molecule has 32 heavy (non-hydrogen) atoms. The summed E-state index contributed by atoms with van der Waals surface area (Å²) in [5.74, 6) is -0.438. The van der Waals surface area contributed by atoms with Gasteiger partial charge in [-0.25, -0.2) is 4.39 Å². The lowest BCUT2D eigenvalue weighted by molar-refractivity contribution is -0.384. The van der Waals surface area contributed by atoms with Crippen LogP contribution in [0.25, 0.3) is 17.0 Å². The van der Waals surface area contributed by atoms with Crippen molar-refractivity contribution in [2.75, 3.05) is 19.6 Å². The Morgan fingerprint density at radius 2 is 2.03 bits per heavy atom. The third-order valence-corrected chi connectivity index (χ3v) is 5.67. The second kappa shape index (κ2) is 9.23. The zero-order chi connectivity index (χ0) is 22.7. The van der Waals surface area contributed by atoms with Crippen LogP contribution in [0.2, 0.25) is 0 Å². The van der Waals surface area contributed by atoms with E-state index in [-0.39, 0.29) is 23.5 Å². The molecule has 1 aromatic heterocycles. The molecule has 0 saturated carbocycles. The van der Waals surface area contributed by atoms with Crippen molar-refractivity contribution < 1.29 is 14.1 Å². The van der Waals surface area contributed by atoms with Crippen LogP contribution in [-0.4, -0.2) is 51.3 Å². The second-order valence-electron chi connectivity index (χ2n) is 7.94. The molecule has 1 saturated heterocycles. The van der Waals surface area contributed by atoms with Crippen molar-refractivity contribution in [1.82, 2.24) is 14.8 Å². The van der Waals surface area contributed by atoms with E-state index in [0.29, 0.717) is 37.3 Å². The molecule has 2 aromatic carbocycles. The molecule has 2 heterocycles. The average Bonchev–Trinajstić information content (AvgIpc) is 2.78. The van der Waals surface area contributed by atoms with Gasteiger partial charge >= 0.3 is 0 Å². The fourth-order valence-corrected chi connectivity index (χ4v) is 4.03. The standard InChI is InChI=1S/C24H23FN4O3/c1-17-15-27(16-18-4-7-21(25)8-5-18)11-12-28(17)24(30)9-6-20-13-19-3-2-10-26-22(19)14-23(20)29(31)32/h2-10,13-14,17H,11-12,15-16H2,1H3/b9-6+/t17-/m1/s1. The number of halogens is 1. The number of nitro benzene ring substituents is 1. The predicted molar refractivity (Wildman–Crippen MR) is 120 cm³/mol. The maximum Gasteiger partial charge on any atom is 0.278 e. The molecule has 0 bridgehead atoms. The summed E-state index contributed by atoms with van der Waals surface area (Å²) >= 11 is 0. The van der Waals surface area contributed by atoms with Gasteiger partial charge in [0, 0.05) is 55.9 Å². The number of fused-ring (bicyclic) bond motifs is 1. The first-order valence-electron chi connectivity index (χ1n) is 10.4. The molecule has 0 N–H and O–H groups in total. The van der Waals surface area contributed by atoms with Gasteiger partial charge in [-0.15, -0.1) is 0 Å². The van der Waals surface area contributed by atoms with E-state index in [2.05, 4.69) is 9.88 Å². The molecule has 1 fully saturated rings. The second-order valence-corrected chi connectivity index (χ2v) is 7.94. The van der Waals surface area contributed by atoms with Crippen LogP contribution in [0.1, 0.15) is 18.1 Å². The Morgan fingerprint density at radius 3 is 2.75 bits per heavy atom. The van der Waals surface area contributed by atoms with E-state index in [4.69, 9.17) is 0 Å². The molecular formula is C24H23FN4O3. The Morgan fingerprint density at radius 1 is 1.25 bits per heavy atom. The highest BCUT2D eigenvalue weighted by molar-refractivity contribution is 5.94. The summed E-state index contributed by atoms with van der Waals surface area (Å²) in [6.07, 6.45) is 4.49. The van der Waals surface area contributed by atoms with Gasteiger partial charge in [-0.2, -0.15) is 0 Å². The molecule has 1 aliphatic rings. The Bertz CT molecular complexity index is 1180. The number of aromatic nitrogens is 1. The Balaban J connectivity index is 1.44. The lowest BCUT2D eigenvalue weighted by atomic mass is 10.1. The van der Waals surface area contributed by atoms with Crippen LogP contribution in [0.15, 0.2) is 60.8 Å². The maximum absolute atomic E-state index is 13.1. The van der Waals surface area contributed by atoms with Gasteiger partial charge in [0.25, 0.3) is 5.69 Å². The number of hydrogen-bond donors (Lipinski definition) is 0. The molecule has 4 rings (SSSR count). The molecule has 8 heteroatoms. The summed E-state index contributed by atoms with van der Waals surface area (Å²) in [5.41, 5.74) is 1.84. The smallest absolute Gasteiger partial charge is 0.278 e. The number of rotatable bonds is 5. The minimum atomic E-state index is -0.463. The Labute approximate surface area is 184 Å². The van der Waals surface area contributed by atoms with Crippen molar-refractivity contribution in [3.63, 3.8) is 0 Å². The van der Waals surface area contributed by atoms with Gasteiger partial charge in [-0.3, -0.25) is 24.8 Å². The van der Waals surface area contributed by atoms with E-state index in [0.717, 1.165) is 10.9 Å². The quantitative estimate of drug-likeness (QED) is 0.344. The number of nitrogens with zero attached hydrogens (tertiary/aromatic N) is 4. The fourth-order valence-electron chi connectivity index (χ4n) is 4.03. The molecule has 1 amide bonds. The van der Waals surface area contributed by atoms with E-state index in [1.54, 1.807) is 35.4 Å². The van der Waals surface area contributed by atoms with Gasteiger partial charge < -0.3 is 4.90 Å². The maximum atomic E-state index is 13.1. The van der Waals surface area contributed by atoms with Gasteiger partial charge in [0.1, 0.15) is 5.82 Å². The Kier molecular flexibility index (Phi) is 6.23. The largest absolute Gasteiger partial charge is 0.334 e. The number of hydrogen-bond acceptors (Lipinski definition) is 5. The lowest BCUT2D eigenvalue weighted by Crippen LogP contribution is -2.53. The van der Waals surface area contributed by atoms with E-state index < -0.39 is 4.92 Å². The highest BCUT2D eigenvalue weighted by atomic mass is 19.1. The zero-order valence-corrected chi connectivity index (χ0v) is 17.6. The third-order valence-electron chi connectivity index (χ3n) is 5.67. The van der Waals surface area contributed by atoms with Crippen molar-refractivity contribution in [2.24, 2.45) is 0 Å². The summed E-state index contributed by atoms with van der Waals surface area (Å²) in [5, 5.41) is 12.3. The van der Waals surface area contributed by atoms with Crippen molar-refractivity contribution in [3.8, 4) is 0 Å². The minimum absolute atomic E-state index is 0.0165. The number of carbonyl (C=O) groups excluding carboxylic acids is 1. The normalized spacial score (nSPS) is 17.2. The van der Waals surface area contributed by atoms with E-state index in [9.17, 15) is 19.3 Å². The number of amides is 1. The van der Waals surface area contributed by atoms with Crippen LogP contribution in [0.4, 0.5) is 10.1 Å². The summed E-state index contributed by atoms with van der Waals surface area (Å²) in [6, 6.07) is 13.1. The molecular weight excluding hydrogens is 411 g/mol. The molecule has 0 radical (unpaired) electrons. The monoisotopic (exact) mass is 434 g/mol. The molecule has 1 atom stereocenters. The van der Waals surface area contributed by atoms with Gasteiger partial charge in [-0.05, 0) is 42.8 Å². The van der Waals surface area contributed by atoms with Crippen molar-refractivity contribution in [2.45, 2.75) is 19.5 Å². The first-order valence-corrected chi connectivity index (χ1v) is 10.4. The van der Waals surface area contributed by atoms with Crippen LogP contribution < -0.4 is 0 Å². The van der Waals surface area contributed by atoms with Crippen molar-refractivity contribution in [3.05, 3.63) is 87.9 Å². The predicted octanol–water partition coefficient (Wildman–Crippen LogP) is 4.03. The van der Waals surface area contributed by atoms with E-state index in [1.165, 1.54) is 30.4 Å². The number of nitro groups is 1. The van der Waals surface area contributed by atoms with Gasteiger partial charge in [0.2, 0.25) is 5.91 Å². The first-order chi connectivity index (χ1) is 15.4. The first kappa shape index (κ1) is 21.6. The van der Waals surface area contributed by atoms with Crippen LogP contribution in [0.5, 0.6) is 0 Å². The molecule has 164 valence electrons. The zero-order valence-electron chi connectivity index (χ0n) is 17.6. The van der Waals surface area contributed by atoms with E-state index >= 15 is 0 Å². The summed E-state index contributed by atoms with van der Waals surface area (Å²) in [6.45, 7) is 4.61. The summed E-state index contributed by atoms with van der Waals surface area (Å²) in [4.78, 5) is 32.0. The van der Waals surface area contributed by atoms with Gasteiger partial charge in [0.05, 0.1) is 16.0 Å². The Hall–Kier alpha value is -3.65. The molecule has 1 aliphatic heterocycles. The van der Waals surface area contributed by atoms with Crippen molar-refractivity contribution in [1.29, 1.82) is 0 Å². The highest BCUT2D eigenvalue weighted by Gasteiger charge is 2.26. The third kappa shape index (κ3) is 4.81. The fraction of sp³-hybridized carbons (Fsp3) is 0.250. The van der Waals surface area contributed by atoms with Crippen LogP contribution in [0.3, 0.4) is 0 Å². The molecule has 0 unspecified atom stereocenters. The average molecular weight is 434 g/mol. The number of benzene rings is 2.